The van der Waals surface area contributed by atoms with Crippen molar-refractivity contribution < 1.29 is 9.53 Å². The molecule has 0 bridgehead atoms. The van der Waals surface area contributed by atoms with E-state index in [1.165, 1.54) is 0 Å². The van der Waals surface area contributed by atoms with Gasteiger partial charge in [-0.2, -0.15) is 0 Å². The zero-order valence-electron chi connectivity index (χ0n) is 8.50. The number of carbonyl (C=O) groups is 1. The van der Waals surface area contributed by atoms with Crippen LogP contribution in [0.1, 0.15) is 24.2 Å². The molecule has 0 saturated heterocycles. The summed E-state index contributed by atoms with van der Waals surface area (Å²) in [6.07, 6.45) is 0. The molecule has 0 amide bonds. The van der Waals surface area contributed by atoms with Crippen molar-refractivity contribution in [3.8, 4) is 5.75 Å². The van der Waals surface area contributed by atoms with Gasteiger partial charge in [0, 0.05) is 0 Å². The van der Waals surface area contributed by atoms with Crippen molar-refractivity contribution in [3.05, 3.63) is 29.8 Å². The van der Waals surface area contributed by atoms with Gasteiger partial charge in [-0.05, 0) is 26.0 Å². The van der Waals surface area contributed by atoms with Crippen molar-refractivity contribution in [2.45, 2.75) is 18.2 Å². The normalized spacial score (nSPS) is 11.1. The number of benzene rings is 1. The highest BCUT2D eigenvalue weighted by molar-refractivity contribution is 9.10. The van der Waals surface area contributed by atoms with E-state index in [0.29, 0.717) is 11.3 Å². The van der Waals surface area contributed by atoms with Crippen LogP contribution in [0.25, 0.3) is 0 Å². The van der Waals surface area contributed by atoms with Gasteiger partial charge in [0.05, 0.1) is 17.0 Å². The summed E-state index contributed by atoms with van der Waals surface area (Å²) < 4.78 is 4.57. The Balaban J connectivity index is 3.13. The molecular weight excluding hydrogens is 244 g/mol. The van der Waals surface area contributed by atoms with Crippen LogP contribution in [-0.2, 0) is 0 Å². The summed E-state index contributed by atoms with van der Waals surface area (Å²) >= 11 is 3.34. The summed E-state index contributed by atoms with van der Waals surface area (Å²) in [6, 6.07) is 7.22. The summed E-state index contributed by atoms with van der Waals surface area (Å²) in [5.74, 6) is 0.639. The molecule has 0 atom stereocenters. The van der Waals surface area contributed by atoms with Crippen LogP contribution in [0.5, 0.6) is 5.75 Å². The second kappa shape index (κ2) is 4.13. The Labute approximate surface area is 92.4 Å². The molecule has 0 spiro atoms. The van der Waals surface area contributed by atoms with E-state index < -0.39 is 4.32 Å². The Kier molecular flexibility index (Phi) is 3.32. The van der Waals surface area contributed by atoms with Crippen LogP contribution in [0.2, 0.25) is 0 Å². The molecule has 0 heterocycles. The van der Waals surface area contributed by atoms with Gasteiger partial charge in [-0.3, -0.25) is 4.79 Å². The highest BCUT2D eigenvalue weighted by Crippen LogP contribution is 2.27. The molecule has 0 aliphatic rings. The largest absolute Gasteiger partial charge is 0.496 e. The van der Waals surface area contributed by atoms with Crippen LogP contribution in [0, 0.1) is 0 Å². The van der Waals surface area contributed by atoms with Crippen molar-refractivity contribution in [1.29, 1.82) is 0 Å². The summed E-state index contributed by atoms with van der Waals surface area (Å²) in [5, 5.41) is 0. The van der Waals surface area contributed by atoms with Gasteiger partial charge >= 0.3 is 0 Å². The summed E-state index contributed by atoms with van der Waals surface area (Å²) in [5.41, 5.74) is 0.608. The molecule has 3 heteroatoms. The maximum atomic E-state index is 11.9. The first-order chi connectivity index (χ1) is 6.46. The number of alkyl halides is 1. The Morgan fingerprint density at radius 2 is 1.93 bits per heavy atom. The number of halogens is 1. The molecule has 0 fully saturated rings. The average molecular weight is 257 g/mol. The van der Waals surface area contributed by atoms with Crippen LogP contribution in [0.3, 0.4) is 0 Å². The Morgan fingerprint density at radius 3 is 2.43 bits per heavy atom. The Morgan fingerprint density at radius 1 is 1.36 bits per heavy atom. The zero-order valence-corrected chi connectivity index (χ0v) is 10.1. The van der Waals surface area contributed by atoms with Gasteiger partial charge in [0.15, 0.2) is 5.78 Å². The molecule has 76 valence electrons. The van der Waals surface area contributed by atoms with Gasteiger partial charge in [0.1, 0.15) is 5.75 Å². The maximum Gasteiger partial charge on any atom is 0.182 e. The topological polar surface area (TPSA) is 26.3 Å². The van der Waals surface area contributed by atoms with Gasteiger partial charge in [0.2, 0.25) is 0 Å². The first-order valence-electron chi connectivity index (χ1n) is 4.33. The molecule has 0 radical (unpaired) electrons. The summed E-state index contributed by atoms with van der Waals surface area (Å²) in [4.78, 5) is 11.9. The monoisotopic (exact) mass is 256 g/mol. The molecule has 14 heavy (non-hydrogen) atoms. The van der Waals surface area contributed by atoms with E-state index in [-0.39, 0.29) is 5.78 Å². The Hall–Kier alpha value is -0.830. The predicted octanol–water partition coefficient (Wildman–Crippen LogP) is 3.05. The average Bonchev–Trinajstić information content (AvgIpc) is 2.15. The lowest BCUT2D eigenvalue weighted by atomic mass is 10.0. The molecule has 0 aromatic heterocycles. The number of ether oxygens (including phenoxy) is 1. The summed E-state index contributed by atoms with van der Waals surface area (Å²) in [6.45, 7) is 3.64. The number of para-hydroxylation sites is 1. The lowest BCUT2D eigenvalue weighted by molar-refractivity contribution is 0.0958. The van der Waals surface area contributed by atoms with Gasteiger partial charge in [-0.15, -0.1) is 0 Å². The zero-order chi connectivity index (χ0) is 10.8. The second-order valence-corrected chi connectivity index (χ2v) is 5.48. The first kappa shape index (κ1) is 11.2. The van der Waals surface area contributed by atoms with E-state index in [4.69, 9.17) is 4.74 Å². The van der Waals surface area contributed by atoms with Crippen LogP contribution in [0.4, 0.5) is 0 Å². The van der Waals surface area contributed by atoms with Gasteiger partial charge in [0.25, 0.3) is 0 Å². The van der Waals surface area contributed by atoms with E-state index in [2.05, 4.69) is 15.9 Å². The fourth-order valence-electron chi connectivity index (χ4n) is 1.15. The van der Waals surface area contributed by atoms with Crippen molar-refractivity contribution in [1.82, 2.24) is 0 Å². The third-order valence-corrected chi connectivity index (χ3v) is 2.25. The molecule has 0 unspecified atom stereocenters. The third-order valence-electron chi connectivity index (χ3n) is 1.89. The predicted molar refractivity (Wildman–Crippen MR) is 60.3 cm³/mol. The second-order valence-electron chi connectivity index (χ2n) is 3.50. The van der Waals surface area contributed by atoms with E-state index in [0.717, 1.165) is 0 Å². The van der Waals surface area contributed by atoms with Crippen molar-refractivity contribution in [2.24, 2.45) is 0 Å². The number of hydrogen-bond donors (Lipinski definition) is 0. The van der Waals surface area contributed by atoms with Crippen molar-refractivity contribution >= 4 is 21.7 Å². The minimum atomic E-state index is -0.554. The fourth-order valence-corrected chi connectivity index (χ4v) is 1.37. The highest BCUT2D eigenvalue weighted by Gasteiger charge is 2.27. The molecule has 1 rings (SSSR count). The number of Topliss-reactive ketones (excluding diaryl/α,β-unsaturated/α-hetero) is 1. The molecule has 2 nitrogen and oxygen atoms in total. The van der Waals surface area contributed by atoms with Gasteiger partial charge in [-0.1, -0.05) is 28.1 Å². The van der Waals surface area contributed by atoms with E-state index >= 15 is 0 Å². The minimum absolute atomic E-state index is 0.0231. The van der Waals surface area contributed by atoms with E-state index in [1.807, 2.05) is 26.0 Å². The van der Waals surface area contributed by atoms with Crippen LogP contribution in [-0.4, -0.2) is 17.2 Å². The third kappa shape index (κ3) is 2.35. The number of ketones is 1. The standard InChI is InChI=1S/C11H13BrO2/c1-11(2,12)10(13)8-6-4-5-7-9(8)14-3/h4-7H,1-3H3. The molecule has 1 aromatic rings. The SMILES string of the molecule is COc1ccccc1C(=O)C(C)(C)Br. The van der Waals surface area contributed by atoms with Crippen molar-refractivity contribution in [2.75, 3.05) is 7.11 Å². The number of methoxy groups -OCH3 is 1. The Bertz CT molecular complexity index is 339. The molecular formula is C11H13BrO2. The van der Waals surface area contributed by atoms with Gasteiger partial charge < -0.3 is 4.74 Å². The number of carbonyl (C=O) groups excluding carboxylic acids is 1. The fraction of sp³-hybridized carbons (Fsp3) is 0.364. The number of hydrogen-bond acceptors (Lipinski definition) is 2. The lowest BCUT2D eigenvalue weighted by Crippen LogP contribution is -2.24. The van der Waals surface area contributed by atoms with E-state index in [9.17, 15) is 4.79 Å². The van der Waals surface area contributed by atoms with Crippen LogP contribution in [0.15, 0.2) is 24.3 Å². The minimum Gasteiger partial charge on any atom is -0.496 e. The van der Waals surface area contributed by atoms with Crippen LogP contribution >= 0.6 is 15.9 Å². The first-order valence-corrected chi connectivity index (χ1v) is 5.13. The number of rotatable bonds is 3. The highest BCUT2D eigenvalue weighted by atomic mass is 79.9. The quantitative estimate of drug-likeness (QED) is 0.614. The maximum absolute atomic E-state index is 11.9. The lowest BCUT2D eigenvalue weighted by Gasteiger charge is -2.16. The van der Waals surface area contributed by atoms with Gasteiger partial charge in [-0.25, -0.2) is 0 Å². The molecule has 0 aliphatic carbocycles. The molecule has 0 aliphatic heterocycles. The summed E-state index contributed by atoms with van der Waals surface area (Å²) in [7, 11) is 1.56. The molecule has 1 aromatic carbocycles. The molecule has 0 saturated carbocycles. The van der Waals surface area contributed by atoms with Crippen molar-refractivity contribution in [3.63, 3.8) is 0 Å². The van der Waals surface area contributed by atoms with Crippen LogP contribution < -0.4 is 4.74 Å². The smallest absolute Gasteiger partial charge is 0.182 e. The molecule has 0 N–H and O–H groups in total. The van der Waals surface area contributed by atoms with E-state index in [1.54, 1.807) is 19.2 Å².